The van der Waals surface area contributed by atoms with Gasteiger partial charge in [-0.05, 0) is 25.1 Å². The SMILES string of the molecule is C=CC(=O)NCS(=O)(=O)c1ccc(C)cc1. The molecule has 0 heterocycles. The van der Waals surface area contributed by atoms with Gasteiger partial charge >= 0.3 is 0 Å². The van der Waals surface area contributed by atoms with Gasteiger partial charge < -0.3 is 5.32 Å². The topological polar surface area (TPSA) is 63.2 Å². The highest BCUT2D eigenvalue weighted by Gasteiger charge is 2.14. The Kier molecular flexibility index (Phi) is 3.84. The number of sulfone groups is 1. The van der Waals surface area contributed by atoms with Crippen molar-refractivity contribution in [3.05, 3.63) is 42.5 Å². The number of hydrogen-bond donors (Lipinski definition) is 1. The minimum Gasteiger partial charge on any atom is -0.338 e. The Morgan fingerprint density at radius 1 is 1.38 bits per heavy atom. The molecule has 0 radical (unpaired) electrons. The minimum absolute atomic E-state index is 0.197. The molecule has 0 unspecified atom stereocenters. The lowest BCUT2D eigenvalue weighted by molar-refractivity contribution is -0.116. The summed E-state index contributed by atoms with van der Waals surface area (Å²) in [5, 5.41) is 2.24. The van der Waals surface area contributed by atoms with E-state index in [-0.39, 0.29) is 4.90 Å². The molecule has 0 fully saturated rings. The molecule has 1 rings (SSSR count). The number of aryl methyl sites for hydroxylation is 1. The van der Waals surface area contributed by atoms with Crippen LogP contribution in [0.25, 0.3) is 0 Å². The number of hydrogen-bond acceptors (Lipinski definition) is 3. The third-order valence-corrected chi connectivity index (χ3v) is 3.52. The molecule has 0 saturated carbocycles. The van der Waals surface area contributed by atoms with Crippen LogP contribution < -0.4 is 5.32 Å². The highest BCUT2D eigenvalue weighted by molar-refractivity contribution is 7.91. The summed E-state index contributed by atoms with van der Waals surface area (Å²) in [4.78, 5) is 11.0. The summed E-state index contributed by atoms with van der Waals surface area (Å²) in [5.41, 5.74) is 0.981. The van der Waals surface area contributed by atoms with Crippen molar-refractivity contribution in [2.45, 2.75) is 11.8 Å². The van der Waals surface area contributed by atoms with Crippen molar-refractivity contribution >= 4 is 15.7 Å². The first kappa shape index (κ1) is 12.4. The van der Waals surface area contributed by atoms with Crippen molar-refractivity contribution in [2.24, 2.45) is 0 Å². The third kappa shape index (κ3) is 3.20. The van der Waals surface area contributed by atoms with E-state index in [0.29, 0.717) is 0 Å². The number of nitrogens with one attached hydrogen (secondary N) is 1. The van der Waals surface area contributed by atoms with Gasteiger partial charge in [-0.25, -0.2) is 8.42 Å². The first-order valence-corrected chi connectivity index (χ1v) is 6.30. The van der Waals surface area contributed by atoms with Crippen LogP contribution in [0.3, 0.4) is 0 Å². The first-order chi connectivity index (χ1) is 7.45. The fourth-order valence-electron chi connectivity index (χ4n) is 1.07. The maximum absolute atomic E-state index is 11.7. The molecule has 0 bridgehead atoms. The Morgan fingerprint density at radius 2 is 1.94 bits per heavy atom. The highest BCUT2D eigenvalue weighted by atomic mass is 32.2. The molecular weight excluding hydrogens is 226 g/mol. The molecule has 1 N–H and O–H groups in total. The van der Waals surface area contributed by atoms with E-state index in [1.807, 2.05) is 6.92 Å². The molecule has 0 aliphatic rings. The fourth-order valence-corrected chi connectivity index (χ4v) is 2.12. The largest absolute Gasteiger partial charge is 0.338 e. The molecule has 0 aromatic heterocycles. The van der Waals surface area contributed by atoms with Gasteiger partial charge in [-0.2, -0.15) is 0 Å². The number of amides is 1. The van der Waals surface area contributed by atoms with Crippen LogP contribution >= 0.6 is 0 Å². The first-order valence-electron chi connectivity index (χ1n) is 4.65. The molecule has 1 aromatic rings. The Balaban J connectivity index is 2.82. The minimum atomic E-state index is -3.46. The molecule has 5 heteroatoms. The monoisotopic (exact) mass is 239 g/mol. The Labute approximate surface area is 94.9 Å². The van der Waals surface area contributed by atoms with Gasteiger partial charge in [0.1, 0.15) is 5.88 Å². The molecule has 0 atom stereocenters. The number of rotatable bonds is 4. The predicted molar refractivity (Wildman–Crippen MR) is 61.6 cm³/mol. The molecule has 0 spiro atoms. The lowest BCUT2D eigenvalue weighted by atomic mass is 10.2. The smallest absolute Gasteiger partial charge is 0.244 e. The van der Waals surface area contributed by atoms with Gasteiger partial charge in [0, 0.05) is 0 Å². The van der Waals surface area contributed by atoms with Crippen molar-refractivity contribution in [1.82, 2.24) is 5.32 Å². The zero-order chi connectivity index (χ0) is 12.2. The maximum atomic E-state index is 11.7. The van der Waals surface area contributed by atoms with Crippen LogP contribution in [-0.4, -0.2) is 20.2 Å². The van der Waals surface area contributed by atoms with Crippen LogP contribution in [0.1, 0.15) is 5.56 Å². The lowest BCUT2D eigenvalue weighted by Crippen LogP contribution is -2.27. The van der Waals surface area contributed by atoms with Crippen molar-refractivity contribution in [3.63, 3.8) is 0 Å². The Hall–Kier alpha value is -1.62. The Bertz CT molecular complexity index is 488. The number of carbonyl (C=O) groups is 1. The van der Waals surface area contributed by atoms with Gasteiger partial charge in [0.2, 0.25) is 5.91 Å². The summed E-state index contributed by atoms with van der Waals surface area (Å²) in [5.74, 6) is -0.920. The molecule has 4 nitrogen and oxygen atoms in total. The molecule has 0 aliphatic carbocycles. The molecule has 0 aliphatic heterocycles. The number of carbonyl (C=O) groups excluding carboxylic acids is 1. The van der Waals surface area contributed by atoms with Crippen LogP contribution in [0.15, 0.2) is 41.8 Å². The second-order valence-corrected chi connectivity index (χ2v) is 5.31. The summed E-state index contributed by atoms with van der Waals surface area (Å²) >= 11 is 0. The standard InChI is InChI=1S/C11H13NO3S/c1-3-11(13)12-8-16(14,15)10-6-4-9(2)5-7-10/h3-7H,1,8H2,2H3,(H,12,13). The fraction of sp³-hybridized carbons (Fsp3) is 0.182. The molecule has 86 valence electrons. The van der Waals surface area contributed by atoms with E-state index in [2.05, 4.69) is 11.9 Å². The highest BCUT2D eigenvalue weighted by Crippen LogP contribution is 2.10. The van der Waals surface area contributed by atoms with Gasteiger partial charge in [-0.1, -0.05) is 24.3 Å². The maximum Gasteiger partial charge on any atom is 0.244 e. The van der Waals surface area contributed by atoms with E-state index in [4.69, 9.17) is 0 Å². The van der Waals surface area contributed by atoms with Gasteiger partial charge in [0.05, 0.1) is 4.90 Å². The lowest BCUT2D eigenvalue weighted by Gasteiger charge is -2.05. The van der Waals surface area contributed by atoms with Gasteiger partial charge in [-0.3, -0.25) is 4.79 Å². The van der Waals surface area contributed by atoms with E-state index >= 15 is 0 Å². The normalized spacial score (nSPS) is 10.8. The number of benzene rings is 1. The molecule has 1 amide bonds. The predicted octanol–water partition coefficient (Wildman–Crippen LogP) is 1.03. The summed E-state index contributed by atoms with van der Waals surface area (Å²) < 4.78 is 23.4. The zero-order valence-electron chi connectivity index (χ0n) is 8.93. The average Bonchev–Trinajstić information content (AvgIpc) is 2.26. The third-order valence-electron chi connectivity index (χ3n) is 2.00. The molecule has 1 aromatic carbocycles. The van der Waals surface area contributed by atoms with Crippen molar-refractivity contribution in [1.29, 1.82) is 0 Å². The van der Waals surface area contributed by atoms with E-state index in [1.54, 1.807) is 12.1 Å². The van der Waals surface area contributed by atoms with Crippen molar-refractivity contribution in [2.75, 3.05) is 5.88 Å². The van der Waals surface area contributed by atoms with Crippen molar-refractivity contribution < 1.29 is 13.2 Å². The van der Waals surface area contributed by atoms with Crippen molar-refractivity contribution in [3.8, 4) is 0 Å². The van der Waals surface area contributed by atoms with Gasteiger partial charge in [0.25, 0.3) is 0 Å². The zero-order valence-corrected chi connectivity index (χ0v) is 9.75. The van der Waals surface area contributed by atoms with E-state index in [1.165, 1.54) is 12.1 Å². The summed E-state index contributed by atoms with van der Waals surface area (Å²) in [6, 6.07) is 6.46. The van der Waals surface area contributed by atoms with Crippen LogP contribution in [-0.2, 0) is 14.6 Å². The second kappa shape index (κ2) is 4.94. The molecular formula is C11H13NO3S. The summed E-state index contributed by atoms with van der Waals surface area (Å²) in [6.07, 6.45) is 1.03. The van der Waals surface area contributed by atoms with Crippen LogP contribution in [0.2, 0.25) is 0 Å². The summed E-state index contributed by atoms with van der Waals surface area (Å²) in [6.45, 7) is 5.11. The van der Waals surface area contributed by atoms with Gasteiger partial charge in [-0.15, -0.1) is 0 Å². The van der Waals surface area contributed by atoms with E-state index < -0.39 is 21.6 Å². The van der Waals surface area contributed by atoms with Gasteiger partial charge in [0.15, 0.2) is 9.84 Å². The quantitative estimate of drug-likeness (QED) is 0.798. The second-order valence-electron chi connectivity index (χ2n) is 3.32. The van der Waals surface area contributed by atoms with E-state index in [0.717, 1.165) is 11.6 Å². The average molecular weight is 239 g/mol. The van der Waals surface area contributed by atoms with Crippen LogP contribution in [0.4, 0.5) is 0 Å². The molecule has 0 saturated heterocycles. The summed E-state index contributed by atoms with van der Waals surface area (Å²) in [7, 11) is -3.46. The van der Waals surface area contributed by atoms with Crippen LogP contribution in [0.5, 0.6) is 0 Å². The van der Waals surface area contributed by atoms with E-state index in [9.17, 15) is 13.2 Å². The van der Waals surface area contributed by atoms with Crippen LogP contribution in [0, 0.1) is 6.92 Å². The Morgan fingerprint density at radius 3 is 2.44 bits per heavy atom. The molecule has 16 heavy (non-hydrogen) atoms.